The van der Waals surface area contributed by atoms with Crippen LogP contribution in [0.25, 0.3) is 0 Å². The molecular weight excluding hydrogens is 256 g/mol. The third-order valence-corrected chi connectivity index (χ3v) is 3.93. The van der Waals surface area contributed by atoms with Gasteiger partial charge in [0.1, 0.15) is 11.5 Å². The van der Waals surface area contributed by atoms with Crippen molar-refractivity contribution in [2.24, 2.45) is 11.8 Å². The first-order chi connectivity index (χ1) is 9.80. The predicted molar refractivity (Wildman–Crippen MR) is 77.8 cm³/mol. The molecule has 0 bridgehead atoms. The topological polar surface area (TPSA) is 65.7 Å². The van der Waals surface area contributed by atoms with Gasteiger partial charge in [-0.25, -0.2) is 0 Å². The summed E-state index contributed by atoms with van der Waals surface area (Å²) in [4.78, 5) is 0. The zero-order valence-corrected chi connectivity index (χ0v) is 12.2. The molecule has 1 saturated heterocycles. The number of nitrogens with one attached hydrogen (secondary N) is 1. The molecule has 0 saturated carbocycles. The van der Waals surface area contributed by atoms with Gasteiger partial charge in [0.25, 0.3) is 0 Å². The quantitative estimate of drug-likeness (QED) is 0.616. The van der Waals surface area contributed by atoms with Crippen LogP contribution in [0.1, 0.15) is 30.9 Å². The molecule has 1 heterocycles. The number of rotatable bonds is 6. The van der Waals surface area contributed by atoms with Crippen molar-refractivity contribution in [3.8, 4) is 11.5 Å². The van der Waals surface area contributed by atoms with Crippen molar-refractivity contribution in [1.29, 1.82) is 0 Å². The van der Waals surface area contributed by atoms with Crippen LogP contribution in [0, 0.1) is 5.92 Å². The van der Waals surface area contributed by atoms with E-state index in [0.29, 0.717) is 5.92 Å². The van der Waals surface area contributed by atoms with Gasteiger partial charge in [-0.2, -0.15) is 0 Å². The van der Waals surface area contributed by atoms with E-state index in [1.54, 1.807) is 14.2 Å². The van der Waals surface area contributed by atoms with Crippen molar-refractivity contribution >= 4 is 0 Å². The monoisotopic (exact) mass is 280 g/mol. The van der Waals surface area contributed by atoms with Crippen molar-refractivity contribution < 1.29 is 14.2 Å². The molecule has 0 aliphatic carbocycles. The third-order valence-electron chi connectivity index (χ3n) is 3.93. The average molecular weight is 280 g/mol. The van der Waals surface area contributed by atoms with E-state index < -0.39 is 0 Å². The normalized spacial score (nSPS) is 17.8. The van der Waals surface area contributed by atoms with Gasteiger partial charge in [-0.05, 0) is 37.3 Å². The molecule has 1 aliphatic heterocycles. The van der Waals surface area contributed by atoms with Gasteiger partial charge in [0, 0.05) is 13.2 Å². The number of ether oxygens (including phenoxy) is 3. The molecule has 0 amide bonds. The Bertz CT molecular complexity index is 397. The van der Waals surface area contributed by atoms with Gasteiger partial charge in [0.05, 0.1) is 25.8 Å². The van der Waals surface area contributed by atoms with Gasteiger partial charge in [-0.3, -0.25) is 11.3 Å². The van der Waals surface area contributed by atoms with Crippen LogP contribution >= 0.6 is 0 Å². The Hall–Kier alpha value is -1.30. The summed E-state index contributed by atoms with van der Waals surface area (Å²) in [5.74, 6) is 8.00. The smallest absolute Gasteiger partial charge is 0.127 e. The summed E-state index contributed by atoms with van der Waals surface area (Å²) in [6.07, 6.45) is 3.11. The molecule has 0 aromatic heterocycles. The van der Waals surface area contributed by atoms with E-state index in [1.807, 2.05) is 18.2 Å². The molecule has 0 radical (unpaired) electrons. The fourth-order valence-electron chi connectivity index (χ4n) is 2.81. The molecule has 1 aromatic rings. The van der Waals surface area contributed by atoms with Crippen LogP contribution in [0.3, 0.4) is 0 Å². The molecule has 1 unspecified atom stereocenters. The second kappa shape index (κ2) is 7.47. The molecule has 5 nitrogen and oxygen atoms in total. The molecule has 3 N–H and O–H groups in total. The highest BCUT2D eigenvalue weighted by Crippen LogP contribution is 2.37. The van der Waals surface area contributed by atoms with Gasteiger partial charge < -0.3 is 14.2 Å². The van der Waals surface area contributed by atoms with Crippen LogP contribution in [-0.2, 0) is 4.74 Å². The lowest BCUT2D eigenvalue weighted by atomic mass is 9.89. The van der Waals surface area contributed by atoms with Gasteiger partial charge >= 0.3 is 0 Å². The predicted octanol–water partition coefficient (Wildman–Crippen LogP) is 2.02. The van der Waals surface area contributed by atoms with Crippen LogP contribution in [0.2, 0.25) is 0 Å². The second-order valence-corrected chi connectivity index (χ2v) is 5.09. The van der Waals surface area contributed by atoms with E-state index in [-0.39, 0.29) is 6.04 Å². The van der Waals surface area contributed by atoms with E-state index in [2.05, 4.69) is 5.43 Å². The number of nitrogens with two attached hydrogens (primary N) is 1. The molecule has 1 aromatic carbocycles. The fourth-order valence-corrected chi connectivity index (χ4v) is 2.81. The Morgan fingerprint density at radius 2 is 1.85 bits per heavy atom. The molecule has 1 atom stereocenters. The molecule has 1 aliphatic rings. The maximum atomic E-state index is 5.78. The van der Waals surface area contributed by atoms with Crippen LogP contribution in [0.4, 0.5) is 0 Å². The summed E-state index contributed by atoms with van der Waals surface area (Å²) in [5, 5.41) is 0. The summed E-state index contributed by atoms with van der Waals surface area (Å²) in [6.45, 7) is 1.68. The Balaban J connectivity index is 2.21. The van der Waals surface area contributed by atoms with E-state index in [1.165, 1.54) is 0 Å². The third kappa shape index (κ3) is 3.42. The van der Waals surface area contributed by atoms with Crippen molar-refractivity contribution in [2.75, 3.05) is 27.4 Å². The number of hydrogen-bond acceptors (Lipinski definition) is 5. The van der Waals surface area contributed by atoms with Gasteiger partial charge in [-0.1, -0.05) is 6.07 Å². The van der Waals surface area contributed by atoms with Crippen molar-refractivity contribution in [2.45, 2.75) is 25.3 Å². The first-order valence-electron chi connectivity index (χ1n) is 7.05. The van der Waals surface area contributed by atoms with Crippen molar-refractivity contribution in [1.82, 2.24) is 5.43 Å². The standard InChI is InChI=1S/C15H24N2O3/c1-18-13-4-3-5-14(19-2)15(13)12(17-16)10-11-6-8-20-9-7-11/h3-5,11-12,17H,6-10,16H2,1-2H3. The number of hydrogen-bond donors (Lipinski definition) is 2. The minimum absolute atomic E-state index is 0.0178. The molecule has 2 rings (SSSR count). The number of benzene rings is 1. The lowest BCUT2D eigenvalue weighted by Crippen LogP contribution is -2.31. The zero-order chi connectivity index (χ0) is 14.4. The molecule has 0 spiro atoms. The average Bonchev–Trinajstić information content (AvgIpc) is 2.52. The first-order valence-corrected chi connectivity index (χ1v) is 7.05. The lowest BCUT2D eigenvalue weighted by molar-refractivity contribution is 0.0603. The van der Waals surface area contributed by atoms with Gasteiger partial charge in [0.15, 0.2) is 0 Å². The minimum Gasteiger partial charge on any atom is -0.496 e. The summed E-state index contributed by atoms with van der Waals surface area (Å²) in [7, 11) is 3.33. The highest BCUT2D eigenvalue weighted by Gasteiger charge is 2.24. The van der Waals surface area contributed by atoms with Gasteiger partial charge in [0.2, 0.25) is 0 Å². The van der Waals surface area contributed by atoms with Crippen LogP contribution in [0.5, 0.6) is 11.5 Å². The molecule has 5 heteroatoms. The Morgan fingerprint density at radius 1 is 1.25 bits per heavy atom. The first kappa shape index (κ1) is 15.1. The maximum absolute atomic E-state index is 5.78. The summed E-state index contributed by atoms with van der Waals surface area (Å²) < 4.78 is 16.3. The van der Waals surface area contributed by atoms with Crippen LogP contribution in [0.15, 0.2) is 18.2 Å². The zero-order valence-electron chi connectivity index (χ0n) is 12.2. The van der Waals surface area contributed by atoms with E-state index in [0.717, 1.165) is 49.5 Å². The Morgan fingerprint density at radius 3 is 2.35 bits per heavy atom. The van der Waals surface area contributed by atoms with E-state index in [4.69, 9.17) is 20.1 Å². The second-order valence-electron chi connectivity index (χ2n) is 5.09. The van der Waals surface area contributed by atoms with Crippen molar-refractivity contribution in [3.63, 3.8) is 0 Å². The summed E-state index contributed by atoms with van der Waals surface area (Å²) in [6, 6.07) is 5.81. The fraction of sp³-hybridized carbons (Fsp3) is 0.600. The van der Waals surface area contributed by atoms with Crippen LogP contribution in [-0.4, -0.2) is 27.4 Å². The largest absolute Gasteiger partial charge is 0.496 e. The molecule has 1 fully saturated rings. The SMILES string of the molecule is COc1cccc(OC)c1C(CC1CCOCC1)NN. The molecule has 20 heavy (non-hydrogen) atoms. The Kier molecular flexibility index (Phi) is 5.64. The number of methoxy groups -OCH3 is 2. The van der Waals surface area contributed by atoms with E-state index in [9.17, 15) is 0 Å². The summed E-state index contributed by atoms with van der Waals surface area (Å²) in [5.41, 5.74) is 3.91. The van der Waals surface area contributed by atoms with Crippen molar-refractivity contribution in [3.05, 3.63) is 23.8 Å². The molecular formula is C15H24N2O3. The highest BCUT2D eigenvalue weighted by molar-refractivity contribution is 5.47. The molecule has 112 valence electrons. The minimum atomic E-state index is 0.0178. The van der Waals surface area contributed by atoms with Crippen LogP contribution < -0.4 is 20.7 Å². The highest BCUT2D eigenvalue weighted by atomic mass is 16.5. The van der Waals surface area contributed by atoms with Gasteiger partial charge in [-0.15, -0.1) is 0 Å². The lowest BCUT2D eigenvalue weighted by Gasteiger charge is -2.28. The summed E-state index contributed by atoms with van der Waals surface area (Å²) >= 11 is 0. The Labute approximate surface area is 120 Å². The number of hydrazine groups is 1. The van der Waals surface area contributed by atoms with E-state index >= 15 is 0 Å². The maximum Gasteiger partial charge on any atom is 0.127 e.